The third kappa shape index (κ3) is 4.56. The Kier molecular flexibility index (Phi) is 6.23. The molecule has 1 unspecified atom stereocenters. The van der Waals surface area contributed by atoms with E-state index < -0.39 is 29.4 Å². The van der Waals surface area contributed by atoms with Crippen LogP contribution in [-0.2, 0) is 14.3 Å². The summed E-state index contributed by atoms with van der Waals surface area (Å²) >= 11 is 0. The number of fused-ring (bicyclic) bond motifs is 2. The minimum absolute atomic E-state index is 0.0432. The van der Waals surface area contributed by atoms with E-state index in [1.54, 1.807) is 23.1 Å². The molecule has 10 nitrogen and oxygen atoms in total. The van der Waals surface area contributed by atoms with Gasteiger partial charge in [-0.25, -0.2) is 4.79 Å². The van der Waals surface area contributed by atoms with Gasteiger partial charge in [-0.3, -0.25) is 19.8 Å². The SMILES string of the molecule is O=C(C=Cc1cc2c(cc1[N+](=O)[O-])OCO2)OCC(=O)N1c2ccccc2OCC1c1ccccc1. The van der Waals surface area contributed by atoms with Crippen LogP contribution in [0.5, 0.6) is 17.2 Å². The molecular formula is C26H20N2O8. The topological polar surface area (TPSA) is 117 Å². The van der Waals surface area contributed by atoms with Crippen molar-refractivity contribution in [2.45, 2.75) is 6.04 Å². The van der Waals surface area contributed by atoms with Crippen molar-refractivity contribution in [3.05, 3.63) is 94.0 Å². The maximum atomic E-state index is 13.2. The average molecular weight is 488 g/mol. The Balaban J connectivity index is 1.31. The number of amides is 1. The fraction of sp³-hybridized carbons (Fsp3) is 0.154. The van der Waals surface area contributed by atoms with Crippen LogP contribution in [0.4, 0.5) is 11.4 Å². The van der Waals surface area contributed by atoms with Crippen LogP contribution in [0.1, 0.15) is 17.2 Å². The van der Waals surface area contributed by atoms with E-state index in [2.05, 4.69) is 0 Å². The summed E-state index contributed by atoms with van der Waals surface area (Å²) in [4.78, 5) is 38.0. The van der Waals surface area contributed by atoms with Crippen molar-refractivity contribution in [1.29, 1.82) is 0 Å². The first-order valence-corrected chi connectivity index (χ1v) is 11.0. The molecule has 0 saturated carbocycles. The second-order valence-corrected chi connectivity index (χ2v) is 7.93. The summed E-state index contributed by atoms with van der Waals surface area (Å²) in [5.41, 5.74) is 1.33. The Morgan fingerprint density at radius 2 is 1.72 bits per heavy atom. The number of carbonyl (C=O) groups is 2. The van der Waals surface area contributed by atoms with Gasteiger partial charge in [-0.1, -0.05) is 42.5 Å². The minimum Gasteiger partial charge on any atom is -0.489 e. The van der Waals surface area contributed by atoms with Gasteiger partial charge in [-0.15, -0.1) is 0 Å². The van der Waals surface area contributed by atoms with E-state index in [1.807, 2.05) is 36.4 Å². The van der Waals surface area contributed by atoms with Crippen molar-refractivity contribution in [1.82, 2.24) is 0 Å². The molecule has 1 atom stereocenters. The lowest BCUT2D eigenvalue weighted by atomic mass is 10.0. The smallest absolute Gasteiger partial charge is 0.331 e. The van der Waals surface area contributed by atoms with E-state index in [1.165, 1.54) is 18.2 Å². The summed E-state index contributed by atoms with van der Waals surface area (Å²) < 4.78 is 21.5. The molecule has 5 rings (SSSR count). The third-order valence-corrected chi connectivity index (χ3v) is 5.74. The molecule has 0 N–H and O–H groups in total. The highest BCUT2D eigenvalue weighted by Crippen LogP contribution is 2.40. The van der Waals surface area contributed by atoms with E-state index in [9.17, 15) is 19.7 Å². The molecule has 182 valence electrons. The van der Waals surface area contributed by atoms with E-state index in [4.69, 9.17) is 18.9 Å². The predicted octanol–water partition coefficient (Wildman–Crippen LogP) is 4.05. The Bertz CT molecular complexity index is 1360. The summed E-state index contributed by atoms with van der Waals surface area (Å²) in [7, 11) is 0. The molecule has 3 aromatic rings. The molecule has 0 aliphatic carbocycles. The van der Waals surface area contributed by atoms with Gasteiger partial charge in [0.1, 0.15) is 12.4 Å². The zero-order valence-electron chi connectivity index (χ0n) is 18.9. The lowest BCUT2D eigenvalue weighted by Crippen LogP contribution is -2.43. The Hall–Kier alpha value is -4.86. The molecule has 10 heteroatoms. The third-order valence-electron chi connectivity index (χ3n) is 5.74. The first-order chi connectivity index (χ1) is 17.5. The Morgan fingerprint density at radius 1 is 1.00 bits per heavy atom. The van der Waals surface area contributed by atoms with Crippen LogP contribution < -0.4 is 19.1 Å². The lowest BCUT2D eigenvalue weighted by Gasteiger charge is -2.37. The van der Waals surface area contributed by atoms with Crippen molar-refractivity contribution in [3.63, 3.8) is 0 Å². The summed E-state index contributed by atoms with van der Waals surface area (Å²) in [5, 5.41) is 11.4. The number of para-hydroxylation sites is 2. The van der Waals surface area contributed by atoms with Crippen LogP contribution in [0, 0.1) is 10.1 Å². The number of nitro groups is 1. The van der Waals surface area contributed by atoms with Crippen molar-refractivity contribution in [2.75, 3.05) is 24.9 Å². The molecule has 0 fully saturated rings. The van der Waals surface area contributed by atoms with Crippen LogP contribution in [0.3, 0.4) is 0 Å². The number of hydrogen-bond acceptors (Lipinski definition) is 8. The molecule has 0 saturated heterocycles. The van der Waals surface area contributed by atoms with E-state index in [-0.39, 0.29) is 30.4 Å². The number of rotatable bonds is 6. The molecule has 0 spiro atoms. The highest BCUT2D eigenvalue weighted by Gasteiger charge is 2.33. The van der Waals surface area contributed by atoms with Crippen molar-refractivity contribution in [2.24, 2.45) is 0 Å². The van der Waals surface area contributed by atoms with Crippen LogP contribution in [0.2, 0.25) is 0 Å². The summed E-state index contributed by atoms with van der Waals surface area (Å²) in [6.07, 6.45) is 2.27. The minimum atomic E-state index is -0.826. The number of nitro benzene ring substituents is 1. The van der Waals surface area contributed by atoms with Gasteiger partial charge in [0, 0.05) is 6.08 Å². The second kappa shape index (κ2) is 9.79. The average Bonchev–Trinajstić information content (AvgIpc) is 3.37. The zero-order chi connectivity index (χ0) is 25.1. The number of benzene rings is 3. The fourth-order valence-corrected chi connectivity index (χ4v) is 4.06. The standard InChI is InChI=1S/C26H20N2O8/c29-25(27-19-8-4-5-9-22(19)33-14-21(27)17-6-2-1-3-7-17)15-34-26(30)11-10-18-12-23-24(36-16-35-23)13-20(18)28(31)32/h1-13,21H,14-16H2. The first-order valence-electron chi connectivity index (χ1n) is 11.0. The summed E-state index contributed by atoms with van der Waals surface area (Å²) in [6, 6.07) is 18.8. The number of nitrogens with zero attached hydrogens (tertiary/aromatic N) is 2. The van der Waals surface area contributed by atoms with Crippen molar-refractivity contribution >= 4 is 29.3 Å². The van der Waals surface area contributed by atoms with Gasteiger partial charge in [-0.05, 0) is 29.8 Å². The molecule has 2 aliphatic heterocycles. The van der Waals surface area contributed by atoms with E-state index in [0.29, 0.717) is 17.2 Å². The van der Waals surface area contributed by atoms with Crippen LogP contribution in [0.15, 0.2) is 72.8 Å². The lowest BCUT2D eigenvalue weighted by molar-refractivity contribution is -0.385. The fourth-order valence-electron chi connectivity index (χ4n) is 4.06. The van der Waals surface area contributed by atoms with Gasteiger partial charge in [0.15, 0.2) is 18.1 Å². The monoisotopic (exact) mass is 488 g/mol. The van der Waals surface area contributed by atoms with Crippen LogP contribution >= 0.6 is 0 Å². The second-order valence-electron chi connectivity index (χ2n) is 7.93. The quantitative estimate of drug-likeness (QED) is 0.221. The normalized spacial score (nSPS) is 15.8. The highest BCUT2D eigenvalue weighted by atomic mass is 16.7. The molecular weight excluding hydrogens is 468 g/mol. The van der Waals surface area contributed by atoms with Gasteiger partial charge in [0.2, 0.25) is 6.79 Å². The number of carbonyl (C=O) groups excluding carboxylic acids is 2. The largest absolute Gasteiger partial charge is 0.489 e. The molecule has 36 heavy (non-hydrogen) atoms. The molecule has 2 heterocycles. The number of ether oxygens (including phenoxy) is 4. The van der Waals surface area contributed by atoms with Crippen LogP contribution in [-0.4, -0.2) is 36.8 Å². The van der Waals surface area contributed by atoms with E-state index in [0.717, 1.165) is 11.6 Å². The van der Waals surface area contributed by atoms with Crippen molar-refractivity contribution in [3.8, 4) is 17.2 Å². The van der Waals surface area contributed by atoms with Gasteiger partial charge < -0.3 is 18.9 Å². The Labute approximate surface area is 205 Å². The molecule has 0 radical (unpaired) electrons. The number of esters is 1. The maximum absolute atomic E-state index is 13.2. The maximum Gasteiger partial charge on any atom is 0.331 e. The zero-order valence-corrected chi connectivity index (χ0v) is 18.9. The van der Waals surface area contributed by atoms with Gasteiger partial charge in [0.25, 0.3) is 11.6 Å². The number of hydrogen-bond donors (Lipinski definition) is 0. The molecule has 0 aromatic heterocycles. The highest BCUT2D eigenvalue weighted by molar-refractivity contribution is 5.98. The van der Waals surface area contributed by atoms with Gasteiger partial charge in [-0.2, -0.15) is 0 Å². The van der Waals surface area contributed by atoms with E-state index >= 15 is 0 Å². The summed E-state index contributed by atoms with van der Waals surface area (Å²) in [5.74, 6) is -0.115. The molecule has 3 aromatic carbocycles. The van der Waals surface area contributed by atoms with Gasteiger partial charge in [0.05, 0.1) is 28.3 Å². The van der Waals surface area contributed by atoms with Crippen LogP contribution in [0.25, 0.3) is 6.08 Å². The number of anilines is 1. The Morgan fingerprint density at radius 3 is 2.50 bits per heavy atom. The van der Waals surface area contributed by atoms with Gasteiger partial charge >= 0.3 is 5.97 Å². The first kappa shape index (κ1) is 22.9. The molecule has 2 aliphatic rings. The molecule has 1 amide bonds. The predicted molar refractivity (Wildman–Crippen MR) is 128 cm³/mol. The molecule has 0 bridgehead atoms. The van der Waals surface area contributed by atoms with Crippen molar-refractivity contribution < 1.29 is 33.5 Å². The summed E-state index contributed by atoms with van der Waals surface area (Å²) in [6.45, 7) is -0.322.